The second-order valence-electron chi connectivity index (χ2n) is 14.6. The number of aliphatic hydroxyl groups excluding tert-OH is 2. The van der Waals surface area contributed by atoms with Crippen molar-refractivity contribution in [1.82, 2.24) is 31.2 Å². The normalized spacial score (nSPS) is 11.9. The zero-order chi connectivity index (χ0) is 48.9. The SMILES string of the molecule is Cc1oc(=O)oc1COC(=O)[C@H](O)CN(Cc1ccc(-c2cccc(Cl)c2)cc1)NC(=O)c1cc(=O)[nH]o1.O=C(NN(Cc1ccc(-c2cccc(Cl)c2)cc1)C[C@@H](O)C(=O)O)c1cc(=O)[nH]o1. The van der Waals surface area contributed by atoms with E-state index in [9.17, 15) is 43.8 Å². The summed E-state index contributed by atoms with van der Waals surface area (Å²) in [7, 11) is 0. The second-order valence-corrected chi connectivity index (χ2v) is 15.5. The van der Waals surface area contributed by atoms with E-state index in [4.69, 9.17) is 50.9 Å². The van der Waals surface area contributed by atoms with E-state index in [0.717, 1.165) is 45.5 Å². The second kappa shape index (κ2) is 23.1. The lowest BCUT2D eigenvalue weighted by atomic mass is 10.0. The molecule has 3 heterocycles. The fraction of sp³-hybridized carbons (Fsp3) is 0.178. The summed E-state index contributed by atoms with van der Waals surface area (Å²) in [6.45, 7) is 0.421. The van der Waals surface area contributed by atoms with Crippen molar-refractivity contribution < 1.29 is 57.1 Å². The zero-order valence-corrected chi connectivity index (χ0v) is 37.0. The van der Waals surface area contributed by atoms with Crippen LogP contribution in [0.1, 0.15) is 43.8 Å². The number of aryl methyl sites for hydroxylation is 1. The highest BCUT2D eigenvalue weighted by molar-refractivity contribution is 6.31. The van der Waals surface area contributed by atoms with E-state index in [-0.39, 0.29) is 49.2 Å². The van der Waals surface area contributed by atoms with Crippen molar-refractivity contribution in [2.24, 2.45) is 0 Å². The van der Waals surface area contributed by atoms with Gasteiger partial charge in [0.25, 0.3) is 11.1 Å². The Morgan fingerprint density at radius 3 is 1.49 bits per heavy atom. The van der Waals surface area contributed by atoms with Crippen LogP contribution in [-0.2, 0) is 34.0 Å². The van der Waals surface area contributed by atoms with E-state index in [0.29, 0.717) is 10.0 Å². The average molecular weight is 976 g/mol. The first-order valence-electron chi connectivity index (χ1n) is 20.0. The monoisotopic (exact) mass is 974 g/mol. The standard InChI is InChI=1S/C25H22ClN3O9.C20H18ClN3O6/c1-14-21(37-25(34)36-14)13-35-24(33)19(30)12-29(27-23(32)20-10-22(31)28-38-20)11-15-5-7-16(8-6-15)17-3-2-4-18(26)9-17;21-15-3-1-2-14(8-15)13-6-4-12(5-7-13)10-24(11-16(25)20(28)29)22-19(27)17-9-18(26)23-30-17/h2-10,19,30H,11-13H2,1H3,(H,27,32)(H,28,31);1-9,16,25H,10-11H2,(H,22,27)(H,23,26)(H,28,29)/t19-;16-/m11/s1. The van der Waals surface area contributed by atoms with Gasteiger partial charge in [-0.05, 0) is 64.6 Å². The van der Waals surface area contributed by atoms with Gasteiger partial charge in [0.1, 0.15) is 0 Å². The molecule has 3 aromatic heterocycles. The largest absolute Gasteiger partial charge is 0.519 e. The Hall–Kier alpha value is -7.79. The molecule has 0 saturated heterocycles. The molecule has 0 aliphatic rings. The first kappa shape index (κ1) is 49.6. The third-order valence-corrected chi connectivity index (χ3v) is 9.98. The molecule has 0 radical (unpaired) electrons. The number of carbonyl (C=O) groups is 4. The van der Waals surface area contributed by atoms with Gasteiger partial charge in [-0.3, -0.25) is 30.0 Å². The number of carboxylic acid groups (broad SMARTS) is 1. The number of esters is 1. The fourth-order valence-corrected chi connectivity index (χ4v) is 6.56. The number of aliphatic carboxylic acids is 1. The minimum atomic E-state index is -1.73. The van der Waals surface area contributed by atoms with Crippen molar-refractivity contribution in [2.75, 3.05) is 13.1 Å². The van der Waals surface area contributed by atoms with Gasteiger partial charge < -0.3 is 37.9 Å². The number of hydrogen-bond acceptors (Lipinski definition) is 16. The van der Waals surface area contributed by atoms with Gasteiger partial charge in [-0.2, -0.15) is 10.3 Å². The summed E-state index contributed by atoms with van der Waals surface area (Å²) in [6, 6.07) is 31.3. The van der Waals surface area contributed by atoms with Gasteiger partial charge in [-0.1, -0.05) is 96.0 Å². The lowest BCUT2D eigenvalue weighted by Gasteiger charge is -2.24. The maximum absolute atomic E-state index is 12.6. The van der Waals surface area contributed by atoms with Crippen LogP contribution in [-0.4, -0.2) is 84.7 Å². The zero-order valence-electron chi connectivity index (χ0n) is 35.5. The first-order valence-corrected chi connectivity index (χ1v) is 20.8. The third-order valence-electron chi connectivity index (χ3n) is 9.51. The van der Waals surface area contributed by atoms with Crippen molar-refractivity contribution in [3.05, 3.63) is 185 Å². The topological polar surface area (TPSA) is 304 Å². The molecule has 7 N–H and O–H groups in total. The number of ether oxygens (including phenoxy) is 1. The number of nitrogens with one attached hydrogen (secondary N) is 4. The van der Waals surface area contributed by atoms with Gasteiger partial charge in [0.2, 0.25) is 11.5 Å². The molecule has 4 aromatic carbocycles. The number of hydrazine groups is 2. The summed E-state index contributed by atoms with van der Waals surface area (Å²) in [5, 5.41) is 36.8. The van der Waals surface area contributed by atoms with E-state index < -0.39 is 59.5 Å². The molecule has 23 heteroatoms. The molecule has 21 nitrogen and oxygen atoms in total. The van der Waals surface area contributed by atoms with Crippen molar-refractivity contribution in [3.63, 3.8) is 0 Å². The van der Waals surface area contributed by atoms with E-state index in [1.165, 1.54) is 16.9 Å². The summed E-state index contributed by atoms with van der Waals surface area (Å²) in [5.41, 5.74) is 8.89. The molecule has 0 unspecified atom stereocenters. The minimum Gasteiger partial charge on any atom is -0.479 e. The molecule has 354 valence electrons. The molecule has 2 amide bonds. The third kappa shape index (κ3) is 14.4. The van der Waals surface area contributed by atoms with Crippen LogP contribution in [0, 0.1) is 6.92 Å². The number of nitrogens with zero attached hydrogens (tertiary/aromatic N) is 2. The predicted molar refractivity (Wildman–Crippen MR) is 240 cm³/mol. The lowest BCUT2D eigenvalue weighted by Crippen LogP contribution is -2.47. The number of halogens is 2. The van der Waals surface area contributed by atoms with Gasteiger partial charge in [-0.15, -0.1) is 0 Å². The lowest BCUT2D eigenvalue weighted by molar-refractivity contribution is -0.157. The Kier molecular flexibility index (Phi) is 16.9. The van der Waals surface area contributed by atoms with E-state index in [1.54, 1.807) is 36.4 Å². The van der Waals surface area contributed by atoms with Crippen molar-refractivity contribution in [1.29, 1.82) is 0 Å². The van der Waals surface area contributed by atoms with Crippen LogP contribution in [0.15, 0.2) is 141 Å². The number of rotatable bonds is 18. The summed E-state index contributed by atoms with van der Waals surface area (Å²) < 4.78 is 24.0. The number of hydrogen-bond donors (Lipinski definition) is 7. The number of amides is 2. The number of benzene rings is 4. The number of aromatic nitrogens is 2. The van der Waals surface area contributed by atoms with Crippen molar-refractivity contribution in [2.45, 2.75) is 38.8 Å². The quantitative estimate of drug-likeness (QED) is 0.0466. The molecule has 68 heavy (non-hydrogen) atoms. The molecule has 0 saturated carbocycles. The molecule has 2 atom stereocenters. The Balaban J connectivity index is 0.000000230. The van der Waals surface area contributed by atoms with E-state index >= 15 is 0 Å². The van der Waals surface area contributed by atoms with Crippen molar-refractivity contribution in [3.8, 4) is 22.3 Å². The molecule has 0 fully saturated rings. The molecule has 7 aromatic rings. The van der Waals surface area contributed by atoms with Gasteiger partial charge in [-0.25, -0.2) is 24.4 Å². The first-order chi connectivity index (χ1) is 32.5. The average Bonchev–Trinajstić information content (AvgIpc) is 4.04. The van der Waals surface area contributed by atoms with Crippen LogP contribution in [0.4, 0.5) is 0 Å². The van der Waals surface area contributed by atoms with E-state index in [2.05, 4.69) is 10.9 Å². The van der Waals surface area contributed by atoms with Crippen LogP contribution < -0.4 is 27.8 Å². The Morgan fingerprint density at radius 1 is 0.647 bits per heavy atom. The molecule has 7 rings (SSSR count). The summed E-state index contributed by atoms with van der Waals surface area (Å²) in [5.74, 6) is -5.37. The van der Waals surface area contributed by atoms with E-state index in [1.807, 2.05) is 71.0 Å². The summed E-state index contributed by atoms with van der Waals surface area (Å²) >= 11 is 12.1. The Labute approximate surface area is 392 Å². The van der Waals surface area contributed by atoms with Crippen molar-refractivity contribution >= 4 is 47.0 Å². The van der Waals surface area contributed by atoms with Crippen LogP contribution in [0.3, 0.4) is 0 Å². The summed E-state index contributed by atoms with van der Waals surface area (Å²) in [6.07, 6.45) is -3.42. The Morgan fingerprint density at radius 2 is 1.10 bits per heavy atom. The van der Waals surface area contributed by atoms with Crippen LogP contribution >= 0.6 is 23.2 Å². The van der Waals surface area contributed by atoms with Crippen LogP contribution in [0.25, 0.3) is 22.3 Å². The smallest absolute Gasteiger partial charge is 0.479 e. The number of carboxylic acids is 1. The highest BCUT2D eigenvalue weighted by Gasteiger charge is 2.25. The van der Waals surface area contributed by atoms with Crippen LogP contribution in [0.2, 0.25) is 10.0 Å². The minimum absolute atomic E-state index is 0.00277. The highest BCUT2D eigenvalue weighted by atomic mass is 35.5. The fourth-order valence-electron chi connectivity index (χ4n) is 6.18. The van der Waals surface area contributed by atoms with Gasteiger partial charge in [0.05, 0.1) is 25.2 Å². The molecule has 0 bridgehead atoms. The number of aromatic amines is 2. The molecule has 0 spiro atoms. The Bertz CT molecular complexity index is 3030. The highest BCUT2D eigenvalue weighted by Crippen LogP contribution is 2.25. The maximum Gasteiger partial charge on any atom is 0.519 e. The van der Waals surface area contributed by atoms with Crippen LogP contribution in [0.5, 0.6) is 0 Å². The van der Waals surface area contributed by atoms with Gasteiger partial charge in [0.15, 0.2) is 30.3 Å². The summed E-state index contributed by atoms with van der Waals surface area (Å²) in [4.78, 5) is 81.8. The van der Waals surface area contributed by atoms with Gasteiger partial charge >= 0.3 is 29.6 Å². The number of aliphatic hydroxyl groups is 2. The molecule has 0 aliphatic heterocycles. The predicted octanol–water partition coefficient (Wildman–Crippen LogP) is 4.28. The van der Waals surface area contributed by atoms with Gasteiger partial charge in [0, 0.05) is 23.1 Å². The molecular formula is C45H40Cl2N6O15. The number of carbonyl (C=O) groups excluding carboxylic acids is 3. The maximum atomic E-state index is 12.6. The number of H-pyrrole nitrogens is 2. The molecular weight excluding hydrogens is 935 g/mol. The molecule has 0 aliphatic carbocycles.